The average molecular weight is 347 g/mol. The fourth-order valence-electron chi connectivity index (χ4n) is 1.87. The average Bonchev–Trinajstić information content (AvgIpc) is 2.40. The van der Waals surface area contributed by atoms with Gasteiger partial charge >= 0.3 is 11.9 Å². The van der Waals surface area contributed by atoms with Crippen LogP contribution in [0.25, 0.3) is 0 Å². The van der Waals surface area contributed by atoms with E-state index in [0.717, 1.165) is 18.4 Å². The first-order valence-corrected chi connectivity index (χ1v) is 6.94. The maximum Gasteiger partial charge on any atom is 0.307 e. The van der Waals surface area contributed by atoms with E-state index < -0.39 is 17.9 Å². The van der Waals surface area contributed by atoms with E-state index in [1.807, 2.05) is 19.9 Å². The number of carbonyl (C=O) groups is 2. The highest BCUT2D eigenvalue weighted by molar-refractivity contribution is 5.79. The van der Waals surface area contributed by atoms with Crippen LogP contribution in [0.2, 0.25) is 0 Å². The predicted molar refractivity (Wildman–Crippen MR) is 106 cm³/mol. The van der Waals surface area contributed by atoms with Crippen molar-refractivity contribution in [1.29, 1.82) is 0 Å². The number of rotatable bonds is 8. The molecule has 0 saturated heterocycles. The zero-order valence-corrected chi connectivity index (χ0v) is 13.1. The summed E-state index contributed by atoms with van der Waals surface area (Å²) < 4.78 is 4.55. The van der Waals surface area contributed by atoms with Gasteiger partial charge in [-0.25, -0.2) is 0 Å². The molecular weight excluding hydrogens is 304 g/mol. The third-order valence-electron chi connectivity index (χ3n) is 3.44. The number of allylic oxidation sites excluding steroid dienone is 4. The van der Waals surface area contributed by atoms with Crippen LogP contribution in [0.5, 0.6) is 0 Å². The zero-order valence-electron chi connectivity index (χ0n) is 13.1. The summed E-state index contributed by atoms with van der Waals surface area (Å²) in [5.74, 6) is -2.40. The summed E-state index contributed by atoms with van der Waals surface area (Å²) >= 11 is 0. The number of methoxy groups -OCH3 is 1. The number of hydrogen-bond acceptors (Lipinski definition) is 3. The molecule has 0 aliphatic carbocycles. The van der Waals surface area contributed by atoms with E-state index in [0.29, 0.717) is 0 Å². The molecule has 0 fully saturated rings. The molecule has 0 aliphatic rings. The van der Waals surface area contributed by atoms with Gasteiger partial charge in [0, 0.05) is 0 Å². The highest BCUT2D eigenvalue weighted by atomic mass is 16.5. The lowest BCUT2D eigenvalue weighted by Crippen LogP contribution is -2.24. The Morgan fingerprint density at radius 1 is 1.08 bits per heavy atom. The van der Waals surface area contributed by atoms with Gasteiger partial charge in [0.2, 0.25) is 0 Å². The van der Waals surface area contributed by atoms with Crippen LogP contribution in [0.3, 0.4) is 0 Å². The molecule has 0 aromatic heterocycles. The van der Waals surface area contributed by atoms with E-state index in [1.165, 1.54) is 12.7 Å². The van der Waals surface area contributed by atoms with Crippen LogP contribution in [0.4, 0.5) is 0 Å². The molecule has 0 aliphatic heterocycles. The fraction of sp³-hybridized carbons (Fsp3) is 0.700. The van der Waals surface area contributed by atoms with Crippen molar-refractivity contribution in [3.63, 3.8) is 0 Å². The van der Waals surface area contributed by atoms with Crippen molar-refractivity contribution in [2.45, 2.75) is 76.7 Å². The summed E-state index contributed by atoms with van der Waals surface area (Å²) in [7, 11) is 1.27. The third kappa shape index (κ3) is 14.0. The first kappa shape index (κ1) is 33.9. The maximum atomic E-state index is 11.3. The minimum absolute atomic E-state index is 0. The van der Waals surface area contributed by atoms with Gasteiger partial charge in [0.05, 0.1) is 19.4 Å². The molecule has 4 heteroatoms. The Balaban J connectivity index is -0.000000301. The number of carbonyl (C=O) groups excluding carboxylic acids is 1. The molecule has 146 valence electrons. The van der Waals surface area contributed by atoms with Gasteiger partial charge in [-0.1, -0.05) is 66.9 Å². The molecule has 0 spiro atoms. The van der Waals surface area contributed by atoms with Crippen LogP contribution in [0.1, 0.15) is 76.7 Å². The maximum absolute atomic E-state index is 11.3. The van der Waals surface area contributed by atoms with Crippen LogP contribution < -0.4 is 0 Å². The Hall–Kier alpha value is -1.58. The minimum atomic E-state index is -0.966. The van der Waals surface area contributed by atoms with Crippen molar-refractivity contribution in [2.24, 2.45) is 11.8 Å². The molecular formula is C20H42O4. The summed E-state index contributed by atoms with van der Waals surface area (Å²) in [5, 5.41) is 9.21. The van der Waals surface area contributed by atoms with Crippen LogP contribution in [0, 0.1) is 11.8 Å². The van der Waals surface area contributed by atoms with Crippen molar-refractivity contribution < 1.29 is 19.4 Å². The van der Waals surface area contributed by atoms with Gasteiger partial charge in [0.15, 0.2) is 0 Å². The number of carboxylic acid groups (broad SMARTS) is 1. The zero-order chi connectivity index (χ0) is 15.7. The molecule has 0 bridgehead atoms. The Morgan fingerprint density at radius 3 is 1.96 bits per heavy atom. The number of carboxylic acids is 1. The lowest BCUT2D eigenvalue weighted by Gasteiger charge is -2.16. The van der Waals surface area contributed by atoms with Crippen molar-refractivity contribution in [3.05, 3.63) is 23.3 Å². The summed E-state index contributed by atoms with van der Waals surface area (Å²) in [6.07, 6.45) is 5.81. The highest BCUT2D eigenvalue weighted by Crippen LogP contribution is 2.21. The summed E-state index contributed by atoms with van der Waals surface area (Å²) in [5.41, 5.74) is 2.43. The van der Waals surface area contributed by atoms with Gasteiger partial charge in [-0.05, 0) is 32.6 Å². The van der Waals surface area contributed by atoms with E-state index in [4.69, 9.17) is 0 Å². The molecule has 0 heterocycles. The van der Waals surface area contributed by atoms with Crippen molar-refractivity contribution in [1.82, 2.24) is 0 Å². The summed E-state index contributed by atoms with van der Waals surface area (Å²) in [6.45, 7) is 7.98. The molecule has 4 nitrogen and oxygen atoms in total. The topological polar surface area (TPSA) is 63.6 Å². The Morgan fingerprint density at radius 2 is 1.58 bits per heavy atom. The lowest BCUT2D eigenvalue weighted by molar-refractivity contribution is -0.151. The van der Waals surface area contributed by atoms with Crippen LogP contribution in [-0.4, -0.2) is 24.2 Å². The quantitative estimate of drug-likeness (QED) is 0.424. The molecule has 0 radical (unpaired) electrons. The molecule has 0 amide bonds. The first-order chi connectivity index (χ1) is 9.31. The molecule has 0 saturated carbocycles. The van der Waals surface area contributed by atoms with Gasteiger partial charge in [-0.3, -0.25) is 9.59 Å². The van der Waals surface area contributed by atoms with Crippen molar-refractivity contribution in [2.75, 3.05) is 7.11 Å². The molecule has 0 aromatic rings. The van der Waals surface area contributed by atoms with Crippen LogP contribution in [-0.2, 0) is 14.3 Å². The normalized spacial score (nSPS) is 13.0. The molecule has 0 aromatic carbocycles. The smallest absolute Gasteiger partial charge is 0.307 e. The predicted octanol–water partition coefficient (Wildman–Crippen LogP) is 6.12. The third-order valence-corrected chi connectivity index (χ3v) is 3.44. The van der Waals surface area contributed by atoms with Gasteiger partial charge in [-0.2, -0.15) is 0 Å². The van der Waals surface area contributed by atoms with E-state index in [2.05, 4.69) is 24.7 Å². The van der Waals surface area contributed by atoms with E-state index in [1.54, 1.807) is 0 Å². The van der Waals surface area contributed by atoms with Gasteiger partial charge in [0.25, 0.3) is 0 Å². The van der Waals surface area contributed by atoms with E-state index in [-0.39, 0.29) is 42.0 Å². The Kier molecular flexibility index (Phi) is 25.1. The summed E-state index contributed by atoms with van der Waals surface area (Å²) in [6, 6.07) is 0. The molecule has 1 N–H and O–H groups in total. The SMILES string of the molecule is C.C.C.C.CC/C(C)=C\C/C(C)=C/C(C)C(CC(=O)OC)C(=O)O. The number of esters is 1. The van der Waals surface area contributed by atoms with Crippen LogP contribution in [0.15, 0.2) is 23.3 Å². The molecule has 2 atom stereocenters. The minimum Gasteiger partial charge on any atom is -0.481 e. The van der Waals surface area contributed by atoms with Crippen molar-refractivity contribution in [3.8, 4) is 0 Å². The largest absolute Gasteiger partial charge is 0.481 e. The Labute approximate surface area is 151 Å². The van der Waals surface area contributed by atoms with Crippen molar-refractivity contribution >= 4 is 11.9 Å². The van der Waals surface area contributed by atoms with E-state index >= 15 is 0 Å². The highest BCUT2D eigenvalue weighted by Gasteiger charge is 2.26. The molecule has 24 heavy (non-hydrogen) atoms. The monoisotopic (exact) mass is 346 g/mol. The second-order valence-electron chi connectivity index (χ2n) is 5.21. The fourth-order valence-corrected chi connectivity index (χ4v) is 1.87. The second kappa shape index (κ2) is 17.8. The molecule has 0 rings (SSSR count). The van der Waals surface area contributed by atoms with Crippen LogP contribution >= 0.6 is 0 Å². The number of aliphatic carboxylic acids is 1. The van der Waals surface area contributed by atoms with Gasteiger partial charge in [0.1, 0.15) is 0 Å². The first-order valence-electron chi connectivity index (χ1n) is 6.94. The Bertz CT molecular complexity index is 394. The van der Waals surface area contributed by atoms with Gasteiger partial charge in [-0.15, -0.1) is 0 Å². The number of hydrogen-bond donors (Lipinski definition) is 1. The molecule has 2 unspecified atom stereocenters. The van der Waals surface area contributed by atoms with E-state index in [9.17, 15) is 14.7 Å². The summed E-state index contributed by atoms with van der Waals surface area (Å²) in [4.78, 5) is 22.5. The van der Waals surface area contributed by atoms with Gasteiger partial charge < -0.3 is 9.84 Å². The lowest BCUT2D eigenvalue weighted by atomic mass is 9.89. The number of ether oxygens (including phenoxy) is 1. The standard InChI is InChI=1S/C16H26O4.4CH4/c1-6-11(2)7-8-12(3)9-13(4)14(16(18)19)10-15(17)20-5;;;;/h7,9,13-14H,6,8,10H2,1-5H3,(H,18,19);4*1H4/b11-7-,12-9+;;;;. The second-order valence-corrected chi connectivity index (χ2v) is 5.21.